The number of fused-ring (bicyclic) bond motifs is 1. The molecule has 0 saturated carbocycles. The van der Waals surface area contributed by atoms with Crippen LogP contribution < -0.4 is 5.32 Å². The van der Waals surface area contributed by atoms with Gasteiger partial charge < -0.3 is 5.32 Å². The zero-order valence-corrected chi connectivity index (χ0v) is 13.9. The molecule has 1 aliphatic rings. The van der Waals surface area contributed by atoms with E-state index < -0.39 is 0 Å². The molecule has 2 aromatic carbocycles. The number of benzene rings is 2. The molecule has 0 bridgehead atoms. The average molecular weight is 365 g/mol. The highest BCUT2D eigenvalue weighted by Gasteiger charge is 2.32. The lowest BCUT2D eigenvalue weighted by Gasteiger charge is -2.18. The molecule has 2 unspecified atom stereocenters. The molecule has 0 heterocycles. The number of aryl methyl sites for hydroxylation is 1. The molecule has 0 radical (unpaired) electrons. The maximum atomic E-state index is 12.5. The third kappa shape index (κ3) is 2.85. The SMILES string of the molecule is Cc1ccc(Br)cc1C(=O)NC1c2ccccc2CC1Cl. The maximum absolute atomic E-state index is 12.5. The Balaban J connectivity index is 1.87. The van der Waals surface area contributed by atoms with Gasteiger partial charge in [0.2, 0.25) is 0 Å². The summed E-state index contributed by atoms with van der Waals surface area (Å²) in [6.45, 7) is 1.93. The first-order chi connectivity index (χ1) is 10.1. The van der Waals surface area contributed by atoms with Crippen molar-refractivity contribution in [3.05, 3.63) is 69.2 Å². The molecule has 2 nitrogen and oxygen atoms in total. The van der Waals surface area contributed by atoms with Crippen molar-refractivity contribution < 1.29 is 4.79 Å². The third-order valence-corrected chi connectivity index (χ3v) is 4.80. The van der Waals surface area contributed by atoms with Crippen LogP contribution in [-0.4, -0.2) is 11.3 Å². The van der Waals surface area contributed by atoms with Crippen molar-refractivity contribution in [2.45, 2.75) is 24.8 Å². The molecule has 0 aliphatic heterocycles. The van der Waals surface area contributed by atoms with Crippen molar-refractivity contribution in [1.29, 1.82) is 0 Å². The molecule has 1 amide bonds. The van der Waals surface area contributed by atoms with Crippen molar-refractivity contribution in [3.8, 4) is 0 Å². The lowest BCUT2D eigenvalue weighted by atomic mass is 10.1. The van der Waals surface area contributed by atoms with Gasteiger partial charge in [0.05, 0.1) is 11.4 Å². The zero-order chi connectivity index (χ0) is 15.0. The van der Waals surface area contributed by atoms with Crippen LogP contribution in [0.1, 0.15) is 33.1 Å². The van der Waals surface area contributed by atoms with Crippen LogP contribution >= 0.6 is 27.5 Å². The number of hydrogen-bond donors (Lipinski definition) is 1. The van der Waals surface area contributed by atoms with Gasteiger partial charge >= 0.3 is 0 Å². The number of amides is 1. The lowest BCUT2D eigenvalue weighted by molar-refractivity contribution is 0.0936. The molecule has 4 heteroatoms. The van der Waals surface area contributed by atoms with E-state index in [1.54, 1.807) is 0 Å². The van der Waals surface area contributed by atoms with Crippen LogP contribution in [-0.2, 0) is 6.42 Å². The maximum Gasteiger partial charge on any atom is 0.252 e. The van der Waals surface area contributed by atoms with E-state index in [0.717, 1.165) is 22.0 Å². The fourth-order valence-electron chi connectivity index (χ4n) is 2.77. The molecular weight excluding hydrogens is 350 g/mol. The van der Waals surface area contributed by atoms with Gasteiger partial charge in [-0.3, -0.25) is 4.79 Å². The highest BCUT2D eigenvalue weighted by molar-refractivity contribution is 9.10. The van der Waals surface area contributed by atoms with E-state index in [1.807, 2.05) is 43.3 Å². The van der Waals surface area contributed by atoms with Crippen LogP contribution in [0.15, 0.2) is 46.9 Å². The summed E-state index contributed by atoms with van der Waals surface area (Å²) in [5, 5.41) is 2.98. The van der Waals surface area contributed by atoms with Crippen LogP contribution in [0.4, 0.5) is 0 Å². The van der Waals surface area contributed by atoms with Gasteiger partial charge in [0.1, 0.15) is 0 Å². The Labute approximate surface area is 137 Å². The number of rotatable bonds is 2. The molecule has 1 aliphatic carbocycles. The largest absolute Gasteiger partial charge is 0.344 e. The summed E-state index contributed by atoms with van der Waals surface area (Å²) < 4.78 is 0.896. The Bertz CT molecular complexity index is 701. The molecule has 0 saturated heterocycles. The second kappa shape index (κ2) is 5.82. The molecule has 108 valence electrons. The predicted molar refractivity (Wildman–Crippen MR) is 88.9 cm³/mol. The number of hydrogen-bond acceptors (Lipinski definition) is 1. The van der Waals surface area contributed by atoms with E-state index in [0.29, 0.717) is 5.56 Å². The van der Waals surface area contributed by atoms with E-state index in [4.69, 9.17) is 11.6 Å². The van der Waals surface area contributed by atoms with E-state index in [2.05, 4.69) is 27.3 Å². The minimum absolute atomic E-state index is 0.0823. The van der Waals surface area contributed by atoms with Crippen molar-refractivity contribution in [3.63, 3.8) is 0 Å². The Hall–Kier alpha value is -1.32. The van der Waals surface area contributed by atoms with Gasteiger partial charge in [-0.1, -0.05) is 46.3 Å². The topological polar surface area (TPSA) is 29.1 Å². The Morgan fingerprint density at radius 1 is 1.29 bits per heavy atom. The molecule has 2 aromatic rings. The van der Waals surface area contributed by atoms with Crippen molar-refractivity contribution in [2.24, 2.45) is 0 Å². The Kier molecular flexibility index (Phi) is 4.05. The highest BCUT2D eigenvalue weighted by Crippen LogP contribution is 2.35. The zero-order valence-electron chi connectivity index (χ0n) is 11.6. The Morgan fingerprint density at radius 2 is 2.05 bits per heavy atom. The fourth-order valence-corrected chi connectivity index (χ4v) is 3.50. The molecule has 0 fully saturated rings. The second-order valence-corrected chi connectivity index (χ2v) is 6.81. The normalized spacial score (nSPS) is 20.1. The van der Waals surface area contributed by atoms with E-state index >= 15 is 0 Å². The number of halogens is 2. The van der Waals surface area contributed by atoms with Crippen molar-refractivity contribution in [2.75, 3.05) is 0 Å². The third-order valence-electron chi connectivity index (χ3n) is 3.90. The lowest BCUT2D eigenvalue weighted by Crippen LogP contribution is -2.32. The molecular formula is C17H15BrClNO. The summed E-state index contributed by atoms with van der Waals surface area (Å²) in [6, 6.07) is 13.7. The van der Waals surface area contributed by atoms with Gasteiger partial charge in [-0.2, -0.15) is 0 Å². The summed E-state index contributed by atoms with van der Waals surface area (Å²) in [5.41, 5.74) is 3.97. The number of carbonyl (C=O) groups excluding carboxylic acids is 1. The van der Waals surface area contributed by atoms with Crippen molar-refractivity contribution in [1.82, 2.24) is 5.32 Å². The number of alkyl halides is 1. The second-order valence-electron chi connectivity index (χ2n) is 5.33. The summed E-state index contributed by atoms with van der Waals surface area (Å²) in [5.74, 6) is -0.0823. The molecule has 21 heavy (non-hydrogen) atoms. The van der Waals surface area contributed by atoms with Crippen LogP contribution in [0.25, 0.3) is 0 Å². The number of carbonyl (C=O) groups is 1. The van der Waals surface area contributed by atoms with E-state index in [1.165, 1.54) is 5.56 Å². The molecule has 3 rings (SSSR count). The fraction of sp³-hybridized carbons (Fsp3) is 0.235. The van der Waals surface area contributed by atoms with Crippen LogP contribution in [0, 0.1) is 6.92 Å². The van der Waals surface area contributed by atoms with E-state index in [-0.39, 0.29) is 17.3 Å². The first-order valence-corrected chi connectivity index (χ1v) is 8.08. The smallest absolute Gasteiger partial charge is 0.252 e. The summed E-state index contributed by atoms with van der Waals surface area (Å²) in [7, 11) is 0. The van der Waals surface area contributed by atoms with Gasteiger partial charge in [0.25, 0.3) is 5.91 Å². The monoisotopic (exact) mass is 363 g/mol. The van der Waals surface area contributed by atoms with Crippen LogP contribution in [0.2, 0.25) is 0 Å². The molecule has 1 N–H and O–H groups in total. The van der Waals surface area contributed by atoms with Gasteiger partial charge in [-0.05, 0) is 42.2 Å². The molecule has 0 spiro atoms. The van der Waals surface area contributed by atoms with Crippen LogP contribution in [0.5, 0.6) is 0 Å². The summed E-state index contributed by atoms with van der Waals surface area (Å²) in [6.07, 6.45) is 0.792. The molecule has 0 aromatic heterocycles. The first kappa shape index (κ1) is 14.6. The van der Waals surface area contributed by atoms with Gasteiger partial charge in [0, 0.05) is 10.0 Å². The summed E-state index contributed by atoms with van der Waals surface area (Å²) >= 11 is 9.83. The van der Waals surface area contributed by atoms with E-state index in [9.17, 15) is 4.79 Å². The minimum atomic E-state index is -0.131. The highest BCUT2D eigenvalue weighted by atomic mass is 79.9. The average Bonchev–Trinajstić information content (AvgIpc) is 2.78. The van der Waals surface area contributed by atoms with Gasteiger partial charge in [-0.25, -0.2) is 0 Å². The Morgan fingerprint density at radius 3 is 2.86 bits per heavy atom. The number of nitrogens with one attached hydrogen (secondary N) is 1. The molecule has 2 atom stereocenters. The van der Waals surface area contributed by atoms with Gasteiger partial charge in [-0.15, -0.1) is 11.6 Å². The quantitative estimate of drug-likeness (QED) is 0.787. The minimum Gasteiger partial charge on any atom is -0.344 e. The standard InChI is InChI=1S/C17H15BrClNO/c1-10-6-7-12(18)9-14(10)17(21)20-16-13-5-3-2-4-11(13)8-15(16)19/h2-7,9,15-16H,8H2,1H3,(H,20,21). The first-order valence-electron chi connectivity index (χ1n) is 6.85. The summed E-state index contributed by atoms with van der Waals surface area (Å²) in [4.78, 5) is 12.5. The van der Waals surface area contributed by atoms with Crippen LogP contribution in [0.3, 0.4) is 0 Å². The van der Waals surface area contributed by atoms with Gasteiger partial charge in [0.15, 0.2) is 0 Å². The van der Waals surface area contributed by atoms with Crippen molar-refractivity contribution >= 4 is 33.4 Å². The predicted octanol–water partition coefficient (Wildman–Crippen LogP) is 4.39.